The first-order chi connectivity index (χ1) is 16.1. The quantitative estimate of drug-likeness (QED) is 0.591. The van der Waals surface area contributed by atoms with Crippen LogP contribution in [-0.4, -0.2) is 59.7 Å². The minimum absolute atomic E-state index is 0.0107. The van der Waals surface area contributed by atoms with Gasteiger partial charge in [-0.25, -0.2) is 0 Å². The van der Waals surface area contributed by atoms with Crippen molar-refractivity contribution in [2.24, 2.45) is 0 Å². The highest BCUT2D eigenvalue weighted by Gasteiger charge is 2.34. The first-order valence-corrected chi connectivity index (χ1v) is 12.5. The van der Waals surface area contributed by atoms with Crippen molar-refractivity contribution in [2.45, 2.75) is 37.5 Å². The fourth-order valence-electron chi connectivity index (χ4n) is 4.89. The lowest BCUT2D eigenvalue weighted by Gasteiger charge is -2.35. The van der Waals surface area contributed by atoms with Crippen molar-refractivity contribution >= 4 is 17.2 Å². The van der Waals surface area contributed by atoms with Crippen LogP contribution < -0.4 is 4.74 Å². The van der Waals surface area contributed by atoms with Crippen LogP contribution in [0.1, 0.15) is 30.0 Å². The molecule has 1 N–H and O–H groups in total. The van der Waals surface area contributed by atoms with E-state index < -0.39 is 6.10 Å². The number of fused-ring (bicyclic) bond motifs is 1. The average molecular weight is 463 g/mol. The second-order valence-corrected chi connectivity index (χ2v) is 9.97. The molecule has 0 bridgehead atoms. The van der Waals surface area contributed by atoms with E-state index in [1.165, 1.54) is 16.0 Å². The molecule has 5 rings (SSSR count). The zero-order chi connectivity index (χ0) is 22.8. The molecule has 1 fully saturated rings. The molecule has 2 aliphatic rings. The van der Waals surface area contributed by atoms with Crippen molar-refractivity contribution in [1.29, 1.82) is 0 Å². The third-order valence-corrected chi connectivity index (χ3v) is 7.68. The standard InChI is InChI=1S/C27H30N2O3S/c1-28(23(19-6-3-2-4-7-19)18-29-14-13-22(30)17-29)27(31)25-12-9-20-16-21(10-11-24(20)32-25)26-8-5-15-33-26/h2-8,10-11,15-16,22-23,25,30H,9,12-14,17-18H2,1H3/t22-,23?,25-/m0/s1. The van der Waals surface area contributed by atoms with Gasteiger partial charge in [0, 0.05) is 31.6 Å². The molecule has 0 spiro atoms. The van der Waals surface area contributed by atoms with E-state index in [1.54, 1.807) is 11.3 Å². The van der Waals surface area contributed by atoms with Crippen LogP contribution in [0.25, 0.3) is 10.4 Å². The van der Waals surface area contributed by atoms with Crippen LogP contribution in [0, 0.1) is 0 Å². The smallest absolute Gasteiger partial charge is 0.263 e. The number of amides is 1. The van der Waals surface area contributed by atoms with E-state index in [9.17, 15) is 9.90 Å². The van der Waals surface area contributed by atoms with Crippen LogP contribution in [0.4, 0.5) is 0 Å². The van der Waals surface area contributed by atoms with Crippen molar-refractivity contribution in [3.63, 3.8) is 0 Å². The summed E-state index contributed by atoms with van der Waals surface area (Å²) in [5.74, 6) is 0.823. The number of aliphatic hydroxyl groups excluding tert-OH is 1. The number of hydrogen-bond acceptors (Lipinski definition) is 5. The van der Waals surface area contributed by atoms with Crippen molar-refractivity contribution in [1.82, 2.24) is 9.80 Å². The SMILES string of the molecule is CN(C(=O)[C@@H]1CCc2cc(-c3cccs3)ccc2O1)C(CN1CC[C@H](O)C1)c1ccccc1. The number of rotatable bonds is 6. The first-order valence-electron chi connectivity index (χ1n) is 11.6. The topological polar surface area (TPSA) is 53.0 Å². The van der Waals surface area contributed by atoms with Gasteiger partial charge in [-0.1, -0.05) is 36.4 Å². The van der Waals surface area contributed by atoms with Gasteiger partial charge in [0.15, 0.2) is 6.10 Å². The minimum Gasteiger partial charge on any atom is -0.480 e. The number of likely N-dealkylation sites (N-methyl/N-ethyl adjacent to an activating group) is 1. The van der Waals surface area contributed by atoms with Crippen LogP contribution in [0.3, 0.4) is 0 Å². The summed E-state index contributed by atoms with van der Waals surface area (Å²) >= 11 is 1.73. The van der Waals surface area contributed by atoms with Crippen LogP contribution in [0.15, 0.2) is 66.0 Å². The zero-order valence-corrected chi connectivity index (χ0v) is 19.7. The maximum atomic E-state index is 13.5. The Morgan fingerprint density at radius 1 is 1.18 bits per heavy atom. The molecule has 5 nitrogen and oxygen atoms in total. The lowest BCUT2D eigenvalue weighted by atomic mass is 9.98. The predicted octanol–water partition coefficient (Wildman–Crippen LogP) is 4.38. The summed E-state index contributed by atoms with van der Waals surface area (Å²) in [6.07, 6.45) is 1.53. The number of aliphatic hydroxyl groups is 1. The van der Waals surface area contributed by atoms with E-state index in [0.29, 0.717) is 19.5 Å². The molecule has 3 heterocycles. The van der Waals surface area contributed by atoms with E-state index in [4.69, 9.17) is 4.74 Å². The van der Waals surface area contributed by atoms with Crippen LogP contribution >= 0.6 is 11.3 Å². The fraction of sp³-hybridized carbons (Fsp3) is 0.370. The summed E-state index contributed by atoms with van der Waals surface area (Å²) in [6, 6.07) is 20.5. The normalized spacial score (nSPS) is 21.3. The Kier molecular flexibility index (Phi) is 6.49. The molecule has 1 unspecified atom stereocenters. The van der Waals surface area contributed by atoms with E-state index >= 15 is 0 Å². The van der Waals surface area contributed by atoms with Crippen molar-refractivity contribution < 1.29 is 14.6 Å². The monoisotopic (exact) mass is 462 g/mol. The maximum Gasteiger partial charge on any atom is 0.263 e. The second-order valence-electron chi connectivity index (χ2n) is 9.02. The zero-order valence-electron chi connectivity index (χ0n) is 18.9. The van der Waals surface area contributed by atoms with Crippen molar-refractivity contribution in [3.8, 4) is 16.2 Å². The third-order valence-electron chi connectivity index (χ3n) is 6.76. The molecular formula is C27H30N2O3S. The number of β-amino-alcohol motifs (C(OH)–C–C–N with tert-alkyl or cyclic N) is 1. The number of thiophene rings is 1. The molecular weight excluding hydrogens is 432 g/mol. The molecule has 0 radical (unpaired) electrons. The van der Waals surface area contributed by atoms with Gasteiger partial charge in [0.05, 0.1) is 12.1 Å². The molecule has 2 aliphatic heterocycles. The Hall–Kier alpha value is -2.67. The molecule has 1 amide bonds. The highest BCUT2D eigenvalue weighted by atomic mass is 32.1. The molecule has 172 valence electrons. The lowest BCUT2D eigenvalue weighted by Crippen LogP contribution is -2.46. The summed E-state index contributed by atoms with van der Waals surface area (Å²) in [7, 11) is 1.88. The number of hydrogen-bond donors (Lipinski definition) is 1. The molecule has 1 aromatic heterocycles. The number of nitrogens with zero attached hydrogens (tertiary/aromatic N) is 2. The summed E-state index contributed by atoms with van der Waals surface area (Å²) in [5, 5.41) is 12.1. The number of benzene rings is 2. The summed E-state index contributed by atoms with van der Waals surface area (Å²) in [5.41, 5.74) is 3.47. The van der Waals surface area contributed by atoms with E-state index in [-0.39, 0.29) is 18.1 Å². The predicted molar refractivity (Wildman–Crippen MR) is 132 cm³/mol. The number of carbonyl (C=O) groups excluding carboxylic acids is 1. The molecule has 33 heavy (non-hydrogen) atoms. The summed E-state index contributed by atoms with van der Waals surface area (Å²) in [6.45, 7) is 2.22. The highest BCUT2D eigenvalue weighted by molar-refractivity contribution is 7.13. The Labute approximate surface area is 199 Å². The van der Waals surface area contributed by atoms with Gasteiger partial charge in [0.2, 0.25) is 0 Å². The number of carbonyl (C=O) groups is 1. The maximum absolute atomic E-state index is 13.5. The van der Waals surface area contributed by atoms with Crippen molar-refractivity contribution in [2.75, 3.05) is 26.7 Å². The number of aryl methyl sites for hydroxylation is 1. The Morgan fingerprint density at radius 3 is 2.76 bits per heavy atom. The van der Waals surface area contributed by atoms with Gasteiger partial charge in [-0.15, -0.1) is 11.3 Å². The molecule has 6 heteroatoms. The molecule has 0 aliphatic carbocycles. The summed E-state index contributed by atoms with van der Waals surface area (Å²) in [4.78, 5) is 18.9. The Balaban J connectivity index is 1.32. The van der Waals surface area contributed by atoms with Gasteiger partial charge >= 0.3 is 0 Å². The van der Waals surface area contributed by atoms with E-state index in [0.717, 1.165) is 30.7 Å². The number of ether oxygens (including phenoxy) is 1. The minimum atomic E-state index is -0.481. The Bertz CT molecular complexity index is 1090. The van der Waals surface area contributed by atoms with Gasteiger partial charge in [-0.2, -0.15) is 0 Å². The van der Waals surface area contributed by atoms with Crippen LogP contribution in [-0.2, 0) is 11.2 Å². The molecule has 3 aromatic rings. The van der Waals surface area contributed by atoms with Crippen molar-refractivity contribution in [3.05, 3.63) is 77.2 Å². The van der Waals surface area contributed by atoms with Gasteiger partial charge in [0.25, 0.3) is 5.91 Å². The van der Waals surface area contributed by atoms with E-state index in [2.05, 4.69) is 46.7 Å². The van der Waals surface area contributed by atoms with E-state index in [1.807, 2.05) is 36.2 Å². The van der Waals surface area contributed by atoms with Crippen LogP contribution in [0.2, 0.25) is 0 Å². The molecule has 0 saturated carbocycles. The third kappa shape index (κ3) is 4.83. The average Bonchev–Trinajstić information content (AvgIpc) is 3.53. The highest BCUT2D eigenvalue weighted by Crippen LogP contribution is 2.34. The molecule has 1 saturated heterocycles. The molecule has 2 aromatic carbocycles. The van der Waals surface area contributed by atoms with Gasteiger partial charge < -0.3 is 14.7 Å². The number of likely N-dealkylation sites (tertiary alicyclic amines) is 1. The summed E-state index contributed by atoms with van der Waals surface area (Å²) < 4.78 is 6.22. The lowest BCUT2D eigenvalue weighted by molar-refractivity contribution is -0.140. The van der Waals surface area contributed by atoms with Gasteiger partial charge in [-0.3, -0.25) is 9.69 Å². The second kappa shape index (κ2) is 9.67. The fourth-order valence-corrected chi connectivity index (χ4v) is 5.61. The Morgan fingerprint density at radius 2 is 2.03 bits per heavy atom. The van der Waals surface area contributed by atoms with Gasteiger partial charge in [-0.05, 0) is 65.6 Å². The molecule has 3 atom stereocenters. The first kappa shape index (κ1) is 22.1. The van der Waals surface area contributed by atoms with Gasteiger partial charge in [0.1, 0.15) is 5.75 Å². The van der Waals surface area contributed by atoms with Crippen LogP contribution in [0.5, 0.6) is 5.75 Å². The largest absolute Gasteiger partial charge is 0.480 e.